The van der Waals surface area contributed by atoms with E-state index < -0.39 is 11.9 Å². The van der Waals surface area contributed by atoms with Gasteiger partial charge in [0.2, 0.25) is 0 Å². The Kier molecular flexibility index (Phi) is 4.32. The van der Waals surface area contributed by atoms with Crippen LogP contribution in [0.15, 0.2) is 36.7 Å². The maximum Gasteiger partial charge on any atom is 0.433 e. The molecule has 0 atom stereocenters. The highest BCUT2D eigenvalue weighted by Crippen LogP contribution is 2.29. The molecule has 5 nitrogen and oxygen atoms in total. The molecular formula is C15H13F4N5. The van der Waals surface area contributed by atoms with Crippen molar-refractivity contribution < 1.29 is 17.6 Å². The zero-order chi connectivity index (χ0) is 17.2. The summed E-state index contributed by atoms with van der Waals surface area (Å²) in [7, 11) is 0. The van der Waals surface area contributed by atoms with E-state index in [2.05, 4.69) is 20.4 Å². The lowest BCUT2D eigenvalue weighted by Crippen LogP contribution is -2.14. The number of anilines is 1. The van der Waals surface area contributed by atoms with Crippen LogP contribution >= 0.6 is 0 Å². The highest BCUT2D eigenvalue weighted by Gasteiger charge is 2.34. The molecule has 2 aromatic heterocycles. The first-order chi connectivity index (χ1) is 11.4. The van der Waals surface area contributed by atoms with E-state index >= 15 is 0 Å². The lowest BCUT2D eigenvalue weighted by molar-refractivity contribution is -0.141. The molecule has 0 spiro atoms. The summed E-state index contributed by atoms with van der Waals surface area (Å²) in [5.41, 5.74) is -0.205. The molecule has 3 aromatic rings. The Morgan fingerprint density at radius 2 is 2.00 bits per heavy atom. The Bertz CT molecular complexity index is 843. The van der Waals surface area contributed by atoms with Crippen LogP contribution in [0.25, 0.3) is 5.78 Å². The third-order valence-corrected chi connectivity index (χ3v) is 3.38. The van der Waals surface area contributed by atoms with Gasteiger partial charge in [-0.3, -0.25) is 0 Å². The van der Waals surface area contributed by atoms with Crippen molar-refractivity contribution in [2.24, 2.45) is 0 Å². The summed E-state index contributed by atoms with van der Waals surface area (Å²) in [6.45, 7) is 0.396. The van der Waals surface area contributed by atoms with E-state index in [4.69, 9.17) is 0 Å². The SMILES string of the molecule is Fc1cccc(CCCNc2cc(C(F)(F)F)nc3ncnn23)c1. The molecule has 0 aliphatic heterocycles. The molecule has 9 heteroatoms. The fourth-order valence-corrected chi connectivity index (χ4v) is 2.28. The van der Waals surface area contributed by atoms with E-state index in [0.717, 1.165) is 18.0 Å². The van der Waals surface area contributed by atoms with Crippen molar-refractivity contribution >= 4 is 11.6 Å². The minimum atomic E-state index is -4.56. The molecule has 2 heterocycles. The second-order valence-corrected chi connectivity index (χ2v) is 5.16. The maximum atomic E-state index is 13.1. The largest absolute Gasteiger partial charge is 0.433 e. The van der Waals surface area contributed by atoms with Crippen molar-refractivity contribution in [3.8, 4) is 0 Å². The first-order valence-electron chi connectivity index (χ1n) is 7.20. The lowest BCUT2D eigenvalue weighted by atomic mass is 10.1. The van der Waals surface area contributed by atoms with Gasteiger partial charge in [-0.25, -0.2) is 9.37 Å². The van der Waals surface area contributed by atoms with Crippen molar-refractivity contribution in [3.05, 3.63) is 53.7 Å². The fraction of sp³-hybridized carbons (Fsp3) is 0.267. The van der Waals surface area contributed by atoms with Crippen LogP contribution in [0.1, 0.15) is 17.7 Å². The molecule has 0 radical (unpaired) electrons. The van der Waals surface area contributed by atoms with Crippen LogP contribution in [-0.4, -0.2) is 26.1 Å². The highest BCUT2D eigenvalue weighted by molar-refractivity contribution is 5.45. The Labute approximate surface area is 134 Å². The van der Waals surface area contributed by atoms with Gasteiger partial charge in [-0.15, -0.1) is 0 Å². The molecular weight excluding hydrogens is 326 g/mol. The van der Waals surface area contributed by atoms with Gasteiger partial charge < -0.3 is 5.32 Å². The lowest BCUT2D eigenvalue weighted by Gasteiger charge is -2.11. The molecule has 0 bridgehead atoms. The summed E-state index contributed by atoms with van der Waals surface area (Å²) in [5, 5.41) is 6.75. The van der Waals surface area contributed by atoms with Crippen LogP contribution < -0.4 is 5.32 Å². The van der Waals surface area contributed by atoms with Crippen LogP contribution in [-0.2, 0) is 12.6 Å². The summed E-state index contributed by atoms with van der Waals surface area (Å²) >= 11 is 0. The molecule has 126 valence electrons. The van der Waals surface area contributed by atoms with Gasteiger partial charge in [-0.2, -0.15) is 27.8 Å². The van der Waals surface area contributed by atoms with Crippen molar-refractivity contribution in [2.45, 2.75) is 19.0 Å². The van der Waals surface area contributed by atoms with E-state index in [9.17, 15) is 17.6 Å². The first-order valence-corrected chi connectivity index (χ1v) is 7.20. The van der Waals surface area contributed by atoms with Crippen molar-refractivity contribution in [2.75, 3.05) is 11.9 Å². The number of hydrogen-bond donors (Lipinski definition) is 1. The zero-order valence-corrected chi connectivity index (χ0v) is 12.4. The highest BCUT2D eigenvalue weighted by atomic mass is 19.4. The number of fused-ring (bicyclic) bond motifs is 1. The van der Waals surface area contributed by atoms with Crippen molar-refractivity contribution in [1.82, 2.24) is 19.6 Å². The van der Waals surface area contributed by atoms with Crippen molar-refractivity contribution in [1.29, 1.82) is 0 Å². The molecule has 0 unspecified atom stereocenters. The van der Waals surface area contributed by atoms with Gasteiger partial charge in [-0.1, -0.05) is 12.1 Å². The van der Waals surface area contributed by atoms with E-state index in [1.165, 1.54) is 16.6 Å². The molecule has 0 saturated carbocycles. The number of benzene rings is 1. The average molecular weight is 339 g/mol. The number of hydrogen-bond acceptors (Lipinski definition) is 4. The molecule has 0 saturated heterocycles. The molecule has 0 aliphatic carbocycles. The predicted octanol–water partition coefficient (Wildman–Crippen LogP) is 3.33. The van der Waals surface area contributed by atoms with Gasteiger partial charge in [0.1, 0.15) is 18.0 Å². The Morgan fingerprint density at radius 3 is 2.75 bits per heavy atom. The maximum absolute atomic E-state index is 13.1. The van der Waals surface area contributed by atoms with Gasteiger partial charge in [0.05, 0.1) is 0 Å². The van der Waals surface area contributed by atoms with Crippen LogP contribution in [0.2, 0.25) is 0 Å². The number of aromatic nitrogens is 4. The third-order valence-electron chi connectivity index (χ3n) is 3.38. The van der Waals surface area contributed by atoms with Gasteiger partial charge >= 0.3 is 6.18 Å². The van der Waals surface area contributed by atoms with Crippen molar-refractivity contribution in [3.63, 3.8) is 0 Å². The van der Waals surface area contributed by atoms with Gasteiger partial charge in [0.25, 0.3) is 5.78 Å². The smallest absolute Gasteiger partial charge is 0.370 e. The fourth-order valence-electron chi connectivity index (χ4n) is 2.28. The van der Waals surface area contributed by atoms with Gasteiger partial charge in [0, 0.05) is 12.6 Å². The number of halogens is 4. The minimum Gasteiger partial charge on any atom is -0.370 e. The molecule has 1 aromatic carbocycles. The van der Waals surface area contributed by atoms with Gasteiger partial charge in [-0.05, 0) is 30.5 Å². The third kappa shape index (κ3) is 3.61. The van der Waals surface area contributed by atoms with E-state index in [-0.39, 0.29) is 17.4 Å². The monoisotopic (exact) mass is 339 g/mol. The average Bonchev–Trinajstić information content (AvgIpc) is 2.99. The Morgan fingerprint density at radius 1 is 1.17 bits per heavy atom. The van der Waals surface area contributed by atoms with E-state index in [1.54, 1.807) is 12.1 Å². The molecule has 0 amide bonds. The summed E-state index contributed by atoms with van der Waals surface area (Å²) in [5.74, 6) is -0.282. The summed E-state index contributed by atoms with van der Waals surface area (Å²) in [4.78, 5) is 7.13. The number of rotatable bonds is 5. The van der Waals surface area contributed by atoms with Crippen LogP contribution in [0.3, 0.4) is 0 Å². The van der Waals surface area contributed by atoms with Crippen LogP contribution in [0.4, 0.5) is 23.4 Å². The quantitative estimate of drug-likeness (QED) is 0.572. The zero-order valence-electron chi connectivity index (χ0n) is 12.4. The van der Waals surface area contributed by atoms with E-state index in [0.29, 0.717) is 19.4 Å². The molecule has 0 fully saturated rings. The second kappa shape index (κ2) is 6.42. The normalized spacial score (nSPS) is 11.8. The molecule has 3 rings (SSSR count). The number of alkyl halides is 3. The van der Waals surface area contributed by atoms with Gasteiger partial charge in [0.15, 0.2) is 5.69 Å². The van der Waals surface area contributed by atoms with Crippen LogP contribution in [0.5, 0.6) is 0 Å². The number of aryl methyl sites for hydroxylation is 1. The Balaban J connectivity index is 1.69. The molecule has 24 heavy (non-hydrogen) atoms. The summed E-state index contributed by atoms with van der Waals surface area (Å²) in [6, 6.07) is 7.11. The minimum absolute atomic E-state index is 0.127. The van der Waals surface area contributed by atoms with Crippen LogP contribution in [0, 0.1) is 5.82 Å². The summed E-state index contributed by atoms with van der Waals surface area (Å²) in [6.07, 6.45) is -2.21. The second-order valence-electron chi connectivity index (χ2n) is 5.16. The van der Waals surface area contributed by atoms with E-state index in [1.807, 2.05) is 0 Å². The Hall–Kier alpha value is -2.71. The summed E-state index contributed by atoms with van der Waals surface area (Å²) < 4.78 is 52.9. The number of nitrogens with one attached hydrogen (secondary N) is 1. The predicted molar refractivity (Wildman–Crippen MR) is 79.0 cm³/mol. The standard InChI is InChI=1S/C15H13F4N5/c16-11-5-1-3-10(7-11)4-2-6-20-13-8-12(15(17,18)19)23-14-21-9-22-24(13)14/h1,3,5,7-9,20H,2,4,6H2. The molecule has 0 aliphatic rings. The number of nitrogens with zero attached hydrogens (tertiary/aromatic N) is 4. The first kappa shape index (κ1) is 16.2. The molecule has 1 N–H and O–H groups in total. The topological polar surface area (TPSA) is 55.1 Å².